The van der Waals surface area contributed by atoms with Gasteiger partial charge in [0.25, 0.3) is 0 Å². The number of amidine groups is 1. The number of carbonyl (C=O) groups is 1. The zero-order valence-corrected chi connectivity index (χ0v) is 16.5. The minimum Gasteiger partial charge on any atom is -0.396 e. The molecule has 1 aliphatic rings. The highest BCUT2D eigenvalue weighted by Gasteiger charge is 2.19. The van der Waals surface area contributed by atoms with Gasteiger partial charge in [-0.1, -0.05) is 27.2 Å². The minimum atomic E-state index is -0.0826. The van der Waals surface area contributed by atoms with Crippen LogP contribution in [0.3, 0.4) is 0 Å². The second-order valence-corrected chi connectivity index (χ2v) is 7.15. The number of Topliss-reactive ketones (excluding diaryl/α,β-unsaturated/α-hetero) is 1. The van der Waals surface area contributed by atoms with Gasteiger partial charge < -0.3 is 10.6 Å². The van der Waals surface area contributed by atoms with E-state index in [-0.39, 0.29) is 5.78 Å². The molecule has 142 valence electrons. The van der Waals surface area contributed by atoms with E-state index in [0.717, 1.165) is 62.9 Å². The van der Waals surface area contributed by atoms with Crippen LogP contribution in [0, 0.1) is 11.3 Å². The van der Waals surface area contributed by atoms with Crippen LogP contribution < -0.4 is 5.73 Å². The van der Waals surface area contributed by atoms with E-state index < -0.39 is 0 Å². The molecule has 25 heavy (non-hydrogen) atoms. The van der Waals surface area contributed by atoms with E-state index in [9.17, 15) is 4.79 Å². The molecule has 1 aliphatic carbocycles. The molecular formula is C20H36N4O. The number of hydrogen-bond acceptors (Lipinski definition) is 4. The molecule has 5 heteroatoms. The van der Waals surface area contributed by atoms with Crippen LogP contribution in [0.2, 0.25) is 0 Å². The molecule has 0 bridgehead atoms. The average Bonchev–Trinajstić information content (AvgIpc) is 2.62. The van der Waals surface area contributed by atoms with Crippen molar-refractivity contribution >= 4 is 17.3 Å². The van der Waals surface area contributed by atoms with Crippen LogP contribution >= 0.6 is 0 Å². The summed E-state index contributed by atoms with van der Waals surface area (Å²) in [5.41, 5.74) is 8.17. The van der Waals surface area contributed by atoms with E-state index in [0.29, 0.717) is 24.0 Å². The molecule has 0 heterocycles. The molecular weight excluding hydrogens is 312 g/mol. The second kappa shape index (κ2) is 11.1. The zero-order chi connectivity index (χ0) is 18.8. The Kier molecular flexibility index (Phi) is 9.46. The Morgan fingerprint density at radius 3 is 2.56 bits per heavy atom. The number of carbonyl (C=O) groups excluding carboxylic acids is 1. The van der Waals surface area contributed by atoms with Crippen LogP contribution in [0.25, 0.3) is 0 Å². The summed E-state index contributed by atoms with van der Waals surface area (Å²) in [6, 6.07) is 0. The SMILES string of the molecule is CCCN(CCC(C)CC)C(=N)CN=C1CCCC/C1=C(/N)C(C)=O. The summed E-state index contributed by atoms with van der Waals surface area (Å²) in [6.07, 6.45) is 7.12. The van der Waals surface area contributed by atoms with Crippen molar-refractivity contribution < 1.29 is 4.79 Å². The smallest absolute Gasteiger partial charge is 0.175 e. The van der Waals surface area contributed by atoms with Crippen molar-refractivity contribution in [2.75, 3.05) is 19.6 Å². The van der Waals surface area contributed by atoms with E-state index in [2.05, 4.69) is 30.7 Å². The summed E-state index contributed by atoms with van der Waals surface area (Å²) < 4.78 is 0. The standard InChI is InChI=1S/C20H36N4O/c1-5-12-24(13-11-15(3)6-2)19(21)14-23-18-10-8-7-9-17(18)20(22)16(4)25/h15,21H,5-14,22H2,1-4H3/b20-17-,21-19?,23-18?. The predicted octanol–water partition coefficient (Wildman–Crippen LogP) is 3.93. The van der Waals surface area contributed by atoms with E-state index in [4.69, 9.17) is 11.1 Å². The number of hydrogen-bond donors (Lipinski definition) is 2. The molecule has 1 rings (SSSR count). The van der Waals surface area contributed by atoms with Gasteiger partial charge in [0.2, 0.25) is 0 Å². The Balaban J connectivity index is 2.79. The Labute approximate surface area is 153 Å². The van der Waals surface area contributed by atoms with E-state index in [1.807, 2.05) is 0 Å². The summed E-state index contributed by atoms with van der Waals surface area (Å²) in [6.45, 7) is 10.3. The molecule has 3 N–H and O–H groups in total. The first kappa shape index (κ1) is 21.4. The Morgan fingerprint density at radius 1 is 1.28 bits per heavy atom. The fraction of sp³-hybridized carbons (Fsp3) is 0.750. The van der Waals surface area contributed by atoms with Gasteiger partial charge in [0.1, 0.15) is 5.84 Å². The van der Waals surface area contributed by atoms with Gasteiger partial charge in [-0.25, -0.2) is 0 Å². The molecule has 0 aromatic rings. The van der Waals surface area contributed by atoms with Crippen LogP contribution in [-0.4, -0.2) is 41.9 Å². The maximum atomic E-state index is 11.6. The lowest BCUT2D eigenvalue weighted by Crippen LogP contribution is -2.35. The number of ketones is 1. The highest BCUT2D eigenvalue weighted by molar-refractivity contribution is 6.08. The Hall–Kier alpha value is -1.65. The highest BCUT2D eigenvalue weighted by Crippen LogP contribution is 2.23. The van der Waals surface area contributed by atoms with Crippen molar-refractivity contribution in [1.82, 2.24) is 4.90 Å². The first-order chi connectivity index (χ1) is 11.9. The van der Waals surface area contributed by atoms with Crippen LogP contribution in [0.15, 0.2) is 16.3 Å². The first-order valence-corrected chi connectivity index (χ1v) is 9.76. The van der Waals surface area contributed by atoms with Crippen molar-refractivity contribution in [1.29, 1.82) is 5.41 Å². The molecule has 1 unspecified atom stereocenters. The molecule has 1 fully saturated rings. The van der Waals surface area contributed by atoms with Gasteiger partial charge >= 0.3 is 0 Å². The lowest BCUT2D eigenvalue weighted by Gasteiger charge is -2.26. The van der Waals surface area contributed by atoms with Gasteiger partial charge in [-0.3, -0.25) is 15.2 Å². The maximum Gasteiger partial charge on any atom is 0.175 e. The number of nitrogens with zero attached hydrogens (tertiary/aromatic N) is 2. The number of rotatable bonds is 9. The molecule has 0 aromatic heterocycles. The summed E-state index contributed by atoms with van der Waals surface area (Å²) in [4.78, 5) is 18.4. The van der Waals surface area contributed by atoms with Crippen molar-refractivity contribution in [3.05, 3.63) is 11.3 Å². The van der Waals surface area contributed by atoms with Crippen molar-refractivity contribution in [2.24, 2.45) is 16.6 Å². The van der Waals surface area contributed by atoms with Crippen LogP contribution in [0.1, 0.15) is 72.6 Å². The summed E-state index contributed by atoms with van der Waals surface area (Å²) in [5, 5.41) is 8.43. The molecule has 0 amide bonds. The molecule has 0 spiro atoms. The second-order valence-electron chi connectivity index (χ2n) is 7.15. The highest BCUT2D eigenvalue weighted by atomic mass is 16.1. The lowest BCUT2D eigenvalue weighted by molar-refractivity contribution is -0.113. The van der Waals surface area contributed by atoms with Gasteiger partial charge in [-0.2, -0.15) is 0 Å². The minimum absolute atomic E-state index is 0.0826. The lowest BCUT2D eigenvalue weighted by atomic mass is 9.90. The molecule has 5 nitrogen and oxygen atoms in total. The predicted molar refractivity (Wildman–Crippen MR) is 106 cm³/mol. The maximum absolute atomic E-state index is 11.6. The molecule has 1 atom stereocenters. The number of nitrogens with two attached hydrogens (primary N) is 1. The van der Waals surface area contributed by atoms with Crippen LogP contribution in [0.5, 0.6) is 0 Å². The fourth-order valence-corrected chi connectivity index (χ4v) is 3.07. The fourth-order valence-electron chi connectivity index (χ4n) is 3.07. The quantitative estimate of drug-likeness (QED) is 0.376. The van der Waals surface area contributed by atoms with Gasteiger partial charge in [0.05, 0.1) is 12.2 Å². The molecule has 0 aliphatic heterocycles. The molecule has 0 aromatic carbocycles. The van der Waals surface area contributed by atoms with Crippen molar-refractivity contribution in [3.63, 3.8) is 0 Å². The van der Waals surface area contributed by atoms with Crippen LogP contribution in [0.4, 0.5) is 0 Å². The third-order valence-corrected chi connectivity index (χ3v) is 5.03. The van der Waals surface area contributed by atoms with Gasteiger partial charge in [-0.15, -0.1) is 0 Å². The number of allylic oxidation sites excluding steroid dienone is 2. The van der Waals surface area contributed by atoms with E-state index in [1.54, 1.807) is 0 Å². The van der Waals surface area contributed by atoms with Gasteiger partial charge in [0.15, 0.2) is 5.78 Å². The molecule has 0 saturated heterocycles. The Bertz CT molecular complexity index is 522. The van der Waals surface area contributed by atoms with Crippen LogP contribution in [-0.2, 0) is 4.79 Å². The monoisotopic (exact) mass is 348 g/mol. The van der Waals surface area contributed by atoms with Crippen molar-refractivity contribution in [2.45, 2.75) is 72.6 Å². The van der Waals surface area contributed by atoms with E-state index in [1.165, 1.54) is 13.3 Å². The molecule has 1 saturated carbocycles. The van der Waals surface area contributed by atoms with Gasteiger partial charge in [0, 0.05) is 25.7 Å². The topological polar surface area (TPSA) is 82.5 Å². The third kappa shape index (κ3) is 7.00. The number of aliphatic imine (C=N–C) groups is 1. The largest absolute Gasteiger partial charge is 0.396 e. The Morgan fingerprint density at radius 2 is 1.96 bits per heavy atom. The van der Waals surface area contributed by atoms with Crippen molar-refractivity contribution in [3.8, 4) is 0 Å². The van der Waals surface area contributed by atoms with Gasteiger partial charge in [-0.05, 0) is 50.0 Å². The molecule has 0 radical (unpaired) electrons. The summed E-state index contributed by atoms with van der Waals surface area (Å²) in [7, 11) is 0. The third-order valence-electron chi connectivity index (χ3n) is 5.03. The van der Waals surface area contributed by atoms with E-state index >= 15 is 0 Å². The average molecular weight is 349 g/mol. The summed E-state index contributed by atoms with van der Waals surface area (Å²) in [5.74, 6) is 1.17. The summed E-state index contributed by atoms with van der Waals surface area (Å²) >= 11 is 0. The normalized spacial score (nSPS) is 19.6. The first-order valence-electron chi connectivity index (χ1n) is 9.76. The number of nitrogens with one attached hydrogen (secondary N) is 1. The zero-order valence-electron chi connectivity index (χ0n) is 16.5.